The number of halogens is 5. The predicted molar refractivity (Wildman–Crippen MR) is 92.0 cm³/mol. The molecule has 0 spiro atoms. The number of nitrogens with one attached hydrogen (secondary N) is 2. The molecule has 140 valence electrons. The Kier molecular flexibility index (Phi) is 5.74. The van der Waals surface area contributed by atoms with E-state index in [0.29, 0.717) is 6.07 Å². The molecule has 26 heavy (non-hydrogen) atoms. The van der Waals surface area contributed by atoms with E-state index in [1.165, 1.54) is 24.3 Å². The maximum absolute atomic E-state index is 13.1. The highest BCUT2D eigenvalue weighted by Crippen LogP contribution is 2.40. The first-order chi connectivity index (χ1) is 11.9. The Morgan fingerprint density at radius 2 is 1.65 bits per heavy atom. The van der Waals surface area contributed by atoms with Crippen LogP contribution in [0.2, 0.25) is 10.0 Å². The molecule has 2 aromatic rings. The van der Waals surface area contributed by atoms with Crippen LogP contribution in [0.15, 0.2) is 41.3 Å². The lowest BCUT2D eigenvalue weighted by Crippen LogP contribution is -2.35. The monoisotopic (exact) mass is 426 g/mol. The summed E-state index contributed by atoms with van der Waals surface area (Å²) in [5, 5.41) is 1.03. The summed E-state index contributed by atoms with van der Waals surface area (Å²) in [6.45, 7) is 1.73. The standard InChI is InChI=1S/C15H11Cl2F3N2O3S/c1-8-2-4-10(5-3-8)26(24,25)22-14(23)21-13-11(15(18,19)20)6-9(16)7-12(13)17/h2-7H,1H3,(H2,21,22,23). The molecular weight excluding hydrogens is 416 g/mol. The van der Waals surface area contributed by atoms with Gasteiger partial charge in [-0.1, -0.05) is 40.9 Å². The van der Waals surface area contributed by atoms with Crippen molar-refractivity contribution in [3.05, 3.63) is 57.6 Å². The highest BCUT2D eigenvalue weighted by Gasteiger charge is 2.36. The van der Waals surface area contributed by atoms with Crippen molar-refractivity contribution in [2.75, 3.05) is 5.32 Å². The molecule has 0 bridgehead atoms. The van der Waals surface area contributed by atoms with E-state index in [1.807, 2.05) is 5.32 Å². The quantitative estimate of drug-likeness (QED) is 0.737. The minimum absolute atomic E-state index is 0.225. The van der Waals surface area contributed by atoms with Crippen LogP contribution in [0.4, 0.5) is 23.7 Å². The van der Waals surface area contributed by atoms with E-state index in [-0.39, 0.29) is 9.92 Å². The molecule has 0 unspecified atom stereocenters. The van der Waals surface area contributed by atoms with Crippen LogP contribution in [0.25, 0.3) is 0 Å². The van der Waals surface area contributed by atoms with Crippen LogP contribution >= 0.6 is 23.2 Å². The van der Waals surface area contributed by atoms with Gasteiger partial charge in [0.15, 0.2) is 0 Å². The smallest absolute Gasteiger partial charge is 0.305 e. The molecule has 11 heteroatoms. The van der Waals surface area contributed by atoms with Crippen LogP contribution in [-0.4, -0.2) is 14.4 Å². The Morgan fingerprint density at radius 3 is 2.19 bits per heavy atom. The van der Waals surface area contributed by atoms with Gasteiger partial charge >= 0.3 is 12.2 Å². The number of carbonyl (C=O) groups excluding carboxylic acids is 1. The Hall–Kier alpha value is -1.97. The fourth-order valence-corrected chi connectivity index (χ4v) is 3.41. The van der Waals surface area contributed by atoms with Gasteiger partial charge in [-0.05, 0) is 31.2 Å². The van der Waals surface area contributed by atoms with Gasteiger partial charge in [-0.3, -0.25) is 0 Å². The van der Waals surface area contributed by atoms with E-state index < -0.39 is 38.5 Å². The Bertz CT molecular complexity index is 946. The van der Waals surface area contributed by atoms with Crippen LogP contribution < -0.4 is 10.0 Å². The maximum Gasteiger partial charge on any atom is 0.418 e. The SMILES string of the molecule is Cc1ccc(S(=O)(=O)NC(=O)Nc2c(Cl)cc(Cl)cc2C(F)(F)F)cc1. The number of rotatable bonds is 3. The minimum Gasteiger partial charge on any atom is -0.305 e. The summed E-state index contributed by atoms with van der Waals surface area (Å²) < 4.78 is 65.1. The first-order valence-corrected chi connectivity index (χ1v) is 9.11. The molecule has 2 N–H and O–H groups in total. The second-order valence-corrected chi connectivity index (χ2v) is 7.71. The number of sulfonamides is 1. The van der Waals surface area contributed by atoms with Gasteiger partial charge in [-0.15, -0.1) is 0 Å². The second kappa shape index (κ2) is 7.34. The number of anilines is 1. The maximum atomic E-state index is 13.1. The molecule has 0 atom stereocenters. The fraction of sp³-hybridized carbons (Fsp3) is 0.133. The number of hydrogen-bond donors (Lipinski definition) is 2. The van der Waals surface area contributed by atoms with Crippen molar-refractivity contribution in [2.24, 2.45) is 0 Å². The first-order valence-electron chi connectivity index (χ1n) is 6.87. The molecule has 0 aliphatic carbocycles. The van der Waals surface area contributed by atoms with Crippen molar-refractivity contribution in [3.8, 4) is 0 Å². The molecular formula is C15H11Cl2F3N2O3S. The minimum atomic E-state index is -4.87. The molecule has 2 rings (SSSR count). The van der Waals surface area contributed by atoms with E-state index in [9.17, 15) is 26.4 Å². The highest BCUT2D eigenvalue weighted by molar-refractivity contribution is 7.90. The summed E-state index contributed by atoms with van der Waals surface area (Å²) in [5.74, 6) is 0. The molecule has 0 saturated carbocycles. The molecule has 2 aromatic carbocycles. The highest BCUT2D eigenvalue weighted by atomic mass is 35.5. The summed E-state index contributed by atoms with van der Waals surface area (Å²) in [5.41, 5.74) is -1.32. The van der Waals surface area contributed by atoms with Crippen LogP contribution in [-0.2, 0) is 16.2 Å². The van der Waals surface area contributed by atoms with Crippen LogP contribution in [0.3, 0.4) is 0 Å². The van der Waals surface area contributed by atoms with Gasteiger partial charge in [-0.2, -0.15) is 13.2 Å². The third kappa shape index (κ3) is 4.80. The fourth-order valence-electron chi connectivity index (χ4n) is 1.96. The lowest BCUT2D eigenvalue weighted by Gasteiger charge is -2.16. The number of carbonyl (C=O) groups is 1. The number of hydrogen-bond acceptors (Lipinski definition) is 3. The van der Waals surface area contributed by atoms with Crippen molar-refractivity contribution in [2.45, 2.75) is 18.0 Å². The number of alkyl halides is 3. The zero-order valence-corrected chi connectivity index (χ0v) is 15.3. The Balaban J connectivity index is 2.29. The molecule has 0 heterocycles. The van der Waals surface area contributed by atoms with Gasteiger partial charge in [0, 0.05) is 5.02 Å². The van der Waals surface area contributed by atoms with Gasteiger partial charge in [-0.25, -0.2) is 17.9 Å². The van der Waals surface area contributed by atoms with Crippen LogP contribution in [0, 0.1) is 6.92 Å². The predicted octanol–water partition coefficient (Wildman–Crippen LogP) is 4.83. The van der Waals surface area contributed by atoms with Crippen molar-refractivity contribution >= 4 is 44.9 Å². The van der Waals surface area contributed by atoms with E-state index in [1.54, 1.807) is 11.6 Å². The summed E-state index contributed by atoms with van der Waals surface area (Å²) in [7, 11) is -4.28. The Morgan fingerprint density at radius 1 is 1.08 bits per heavy atom. The van der Waals surface area contributed by atoms with Gasteiger partial charge in [0.25, 0.3) is 10.0 Å². The second-order valence-electron chi connectivity index (χ2n) is 5.18. The average molecular weight is 427 g/mol. The van der Waals surface area contributed by atoms with Crippen molar-refractivity contribution in [3.63, 3.8) is 0 Å². The first kappa shape index (κ1) is 20.3. The number of aryl methyl sites for hydroxylation is 1. The molecule has 2 amide bonds. The van der Waals surface area contributed by atoms with E-state index in [2.05, 4.69) is 0 Å². The number of amides is 2. The normalized spacial score (nSPS) is 11.9. The lowest BCUT2D eigenvalue weighted by molar-refractivity contribution is -0.136. The zero-order chi connectivity index (χ0) is 19.7. The zero-order valence-electron chi connectivity index (χ0n) is 13.0. The molecule has 0 aliphatic rings. The van der Waals surface area contributed by atoms with Gasteiger partial charge in [0.2, 0.25) is 0 Å². The number of benzene rings is 2. The largest absolute Gasteiger partial charge is 0.418 e. The Labute approximate surface area is 157 Å². The van der Waals surface area contributed by atoms with Crippen molar-refractivity contribution in [1.82, 2.24) is 4.72 Å². The van der Waals surface area contributed by atoms with Crippen molar-refractivity contribution < 1.29 is 26.4 Å². The number of urea groups is 1. The van der Waals surface area contributed by atoms with Gasteiger partial charge < -0.3 is 5.32 Å². The summed E-state index contributed by atoms with van der Waals surface area (Å²) in [6, 6.07) is 5.66. The molecule has 0 aliphatic heterocycles. The van der Waals surface area contributed by atoms with E-state index >= 15 is 0 Å². The molecule has 0 radical (unpaired) electrons. The topological polar surface area (TPSA) is 75.3 Å². The molecule has 0 aromatic heterocycles. The molecule has 0 saturated heterocycles. The van der Waals surface area contributed by atoms with Crippen LogP contribution in [0.1, 0.15) is 11.1 Å². The average Bonchev–Trinajstić information content (AvgIpc) is 2.48. The third-order valence-electron chi connectivity index (χ3n) is 3.16. The van der Waals surface area contributed by atoms with Crippen molar-refractivity contribution in [1.29, 1.82) is 0 Å². The molecule has 5 nitrogen and oxygen atoms in total. The summed E-state index contributed by atoms with van der Waals surface area (Å²) in [4.78, 5) is 11.7. The summed E-state index contributed by atoms with van der Waals surface area (Å²) in [6.07, 6.45) is -4.87. The third-order valence-corrected chi connectivity index (χ3v) is 5.02. The van der Waals surface area contributed by atoms with Gasteiger partial charge in [0.05, 0.1) is 21.2 Å². The van der Waals surface area contributed by atoms with Crippen LogP contribution in [0.5, 0.6) is 0 Å². The van der Waals surface area contributed by atoms with E-state index in [0.717, 1.165) is 11.6 Å². The molecule has 0 fully saturated rings. The van der Waals surface area contributed by atoms with Gasteiger partial charge in [0.1, 0.15) is 0 Å². The lowest BCUT2D eigenvalue weighted by atomic mass is 10.1. The van der Waals surface area contributed by atoms with E-state index in [4.69, 9.17) is 23.2 Å². The summed E-state index contributed by atoms with van der Waals surface area (Å²) >= 11 is 11.3.